The van der Waals surface area contributed by atoms with E-state index < -0.39 is 12.6 Å². The molecule has 0 unspecified atom stereocenters. The number of hydrogen-bond donors (Lipinski definition) is 1. The number of benzene rings is 1. The van der Waals surface area contributed by atoms with Gasteiger partial charge in [0.05, 0.1) is 12.1 Å². The molecule has 1 heterocycles. The molecule has 1 aromatic carbocycles. The maximum Gasteiger partial charge on any atom is 0.389 e. The van der Waals surface area contributed by atoms with Crippen LogP contribution < -0.4 is 4.74 Å². The Morgan fingerprint density at radius 3 is 2.25 bits per heavy atom. The fourth-order valence-electron chi connectivity index (χ4n) is 2.71. The van der Waals surface area contributed by atoms with Crippen molar-refractivity contribution in [3.63, 3.8) is 0 Å². The molecule has 2 aromatic rings. The third kappa shape index (κ3) is 6.06. The molecule has 0 aliphatic rings. The molecule has 2 rings (SSSR count). The van der Waals surface area contributed by atoms with Crippen molar-refractivity contribution in [1.29, 1.82) is 0 Å². The highest BCUT2D eigenvalue weighted by molar-refractivity contribution is 5.86. The van der Waals surface area contributed by atoms with Gasteiger partial charge in [0, 0.05) is 18.0 Å². The van der Waals surface area contributed by atoms with E-state index in [1.54, 1.807) is 18.3 Å². The van der Waals surface area contributed by atoms with E-state index in [1.165, 1.54) is 6.07 Å². The van der Waals surface area contributed by atoms with Gasteiger partial charge in [-0.05, 0) is 31.0 Å². The number of ether oxygens (including phenoxy) is 1. The molecule has 0 radical (unpaired) electrons. The van der Waals surface area contributed by atoms with Gasteiger partial charge in [-0.3, -0.25) is 0 Å². The van der Waals surface area contributed by atoms with Crippen LogP contribution in [0.15, 0.2) is 24.4 Å². The van der Waals surface area contributed by atoms with E-state index in [9.17, 15) is 17.6 Å². The summed E-state index contributed by atoms with van der Waals surface area (Å²) in [6.45, 7) is 0.556. The molecule has 0 aliphatic heterocycles. The monoisotopic (exact) mass is 345 g/mol. The Balaban J connectivity index is 1.54. The number of aromatic amines is 1. The summed E-state index contributed by atoms with van der Waals surface area (Å²) in [6.07, 6.45) is 2.51. The minimum Gasteiger partial charge on any atom is -0.493 e. The number of fused-ring (bicyclic) bond motifs is 1. The van der Waals surface area contributed by atoms with Crippen LogP contribution in [-0.2, 0) is 0 Å². The van der Waals surface area contributed by atoms with Gasteiger partial charge in [-0.2, -0.15) is 13.2 Å². The Morgan fingerprint density at radius 2 is 1.54 bits per heavy atom. The summed E-state index contributed by atoms with van der Waals surface area (Å²) in [5, 5.41) is 0.736. The van der Waals surface area contributed by atoms with E-state index in [4.69, 9.17) is 4.74 Å². The molecule has 0 bridgehead atoms. The number of H-pyrrole nitrogens is 1. The van der Waals surface area contributed by atoms with Gasteiger partial charge in [0.1, 0.15) is 11.6 Å². The van der Waals surface area contributed by atoms with Crippen LogP contribution in [0.25, 0.3) is 10.9 Å². The summed E-state index contributed by atoms with van der Waals surface area (Å²) in [5.74, 6) is 0.368. The van der Waals surface area contributed by atoms with Crippen LogP contribution in [0.1, 0.15) is 51.4 Å². The van der Waals surface area contributed by atoms with Gasteiger partial charge in [0.2, 0.25) is 0 Å². The van der Waals surface area contributed by atoms with Crippen LogP contribution in [-0.4, -0.2) is 17.8 Å². The molecule has 0 aliphatic carbocycles. The van der Waals surface area contributed by atoms with Crippen LogP contribution >= 0.6 is 0 Å². The summed E-state index contributed by atoms with van der Waals surface area (Å²) in [7, 11) is 0. The standard InChI is InChI=1S/C18H23F4NO/c19-15-8-9-16(14-10-12-23-17(14)15)24-13-7-5-3-1-2-4-6-11-18(20,21)22/h8-10,12,23H,1-7,11,13H2. The molecular formula is C18H23F4NO. The number of aromatic nitrogens is 1. The van der Waals surface area contributed by atoms with Crippen LogP contribution in [0.2, 0.25) is 0 Å². The Morgan fingerprint density at radius 1 is 0.875 bits per heavy atom. The molecule has 134 valence electrons. The first-order chi connectivity index (χ1) is 11.5. The minimum atomic E-state index is -4.03. The van der Waals surface area contributed by atoms with Gasteiger partial charge < -0.3 is 9.72 Å². The van der Waals surface area contributed by atoms with Gasteiger partial charge in [0.15, 0.2) is 0 Å². The molecule has 24 heavy (non-hydrogen) atoms. The number of unbranched alkanes of at least 4 members (excludes halogenated alkanes) is 6. The average molecular weight is 345 g/mol. The molecule has 0 saturated carbocycles. The highest BCUT2D eigenvalue weighted by Crippen LogP contribution is 2.27. The van der Waals surface area contributed by atoms with E-state index in [1.807, 2.05) is 0 Å². The van der Waals surface area contributed by atoms with Crippen molar-refractivity contribution >= 4 is 10.9 Å². The first-order valence-electron chi connectivity index (χ1n) is 8.42. The normalized spacial score (nSPS) is 12.0. The third-order valence-electron chi connectivity index (χ3n) is 3.99. The Bertz CT molecular complexity index is 621. The quantitative estimate of drug-likeness (QED) is 0.393. The van der Waals surface area contributed by atoms with E-state index in [-0.39, 0.29) is 12.2 Å². The zero-order chi connectivity index (χ0) is 17.4. The van der Waals surface area contributed by atoms with Crippen LogP contribution in [0.4, 0.5) is 17.6 Å². The number of hydrogen-bond acceptors (Lipinski definition) is 1. The lowest BCUT2D eigenvalue weighted by molar-refractivity contribution is -0.135. The van der Waals surface area contributed by atoms with Gasteiger partial charge in [0.25, 0.3) is 0 Å². The van der Waals surface area contributed by atoms with Gasteiger partial charge in [-0.15, -0.1) is 0 Å². The second-order valence-electron chi connectivity index (χ2n) is 6.00. The largest absolute Gasteiger partial charge is 0.493 e. The molecule has 0 spiro atoms. The summed E-state index contributed by atoms with van der Waals surface area (Å²) < 4.78 is 55.2. The van der Waals surface area contributed by atoms with E-state index in [0.29, 0.717) is 24.3 Å². The second-order valence-corrected chi connectivity index (χ2v) is 6.00. The van der Waals surface area contributed by atoms with Crippen molar-refractivity contribution in [2.24, 2.45) is 0 Å². The molecule has 0 saturated heterocycles. The number of halogens is 4. The van der Waals surface area contributed by atoms with Gasteiger partial charge >= 0.3 is 6.18 Å². The fourth-order valence-corrected chi connectivity index (χ4v) is 2.71. The molecule has 1 aromatic heterocycles. The molecule has 0 fully saturated rings. The van der Waals surface area contributed by atoms with Crippen LogP contribution in [0.5, 0.6) is 5.75 Å². The smallest absolute Gasteiger partial charge is 0.389 e. The number of nitrogens with one attached hydrogen (secondary N) is 1. The van der Waals surface area contributed by atoms with Gasteiger partial charge in [-0.25, -0.2) is 4.39 Å². The van der Waals surface area contributed by atoms with E-state index in [2.05, 4.69) is 4.98 Å². The molecule has 0 atom stereocenters. The molecule has 6 heteroatoms. The lowest BCUT2D eigenvalue weighted by atomic mass is 10.1. The van der Waals surface area contributed by atoms with Crippen molar-refractivity contribution in [3.05, 3.63) is 30.2 Å². The molecular weight excluding hydrogens is 322 g/mol. The van der Waals surface area contributed by atoms with Crippen molar-refractivity contribution in [2.45, 2.75) is 57.5 Å². The maximum absolute atomic E-state index is 13.5. The second kappa shape index (κ2) is 8.94. The van der Waals surface area contributed by atoms with Gasteiger partial charge in [-0.1, -0.05) is 32.1 Å². The topological polar surface area (TPSA) is 25.0 Å². The summed E-state index contributed by atoms with van der Waals surface area (Å²) in [5.41, 5.74) is 0.450. The minimum absolute atomic E-state index is 0.226. The first kappa shape index (κ1) is 18.6. The van der Waals surface area contributed by atoms with Crippen molar-refractivity contribution in [3.8, 4) is 5.75 Å². The zero-order valence-electron chi connectivity index (χ0n) is 13.6. The lowest BCUT2D eigenvalue weighted by Crippen LogP contribution is -2.06. The van der Waals surface area contributed by atoms with E-state index >= 15 is 0 Å². The van der Waals surface area contributed by atoms with Crippen molar-refractivity contribution in [1.82, 2.24) is 4.98 Å². The first-order valence-corrected chi connectivity index (χ1v) is 8.42. The Labute approximate surface area is 139 Å². The predicted molar refractivity (Wildman–Crippen MR) is 86.7 cm³/mol. The molecule has 0 amide bonds. The van der Waals surface area contributed by atoms with Crippen LogP contribution in [0.3, 0.4) is 0 Å². The highest BCUT2D eigenvalue weighted by atomic mass is 19.4. The lowest BCUT2D eigenvalue weighted by Gasteiger charge is -2.08. The van der Waals surface area contributed by atoms with Crippen molar-refractivity contribution < 1.29 is 22.3 Å². The molecule has 2 nitrogen and oxygen atoms in total. The van der Waals surface area contributed by atoms with Crippen molar-refractivity contribution in [2.75, 3.05) is 6.61 Å². The maximum atomic E-state index is 13.5. The number of rotatable bonds is 10. The highest BCUT2D eigenvalue weighted by Gasteiger charge is 2.25. The zero-order valence-corrected chi connectivity index (χ0v) is 13.6. The summed E-state index contributed by atoms with van der Waals surface area (Å²) in [4.78, 5) is 2.85. The SMILES string of the molecule is Fc1ccc(OCCCCCCCCCC(F)(F)F)c2cc[nH]c12. The fraction of sp³-hybridized carbons (Fsp3) is 0.556. The summed E-state index contributed by atoms with van der Waals surface area (Å²) >= 11 is 0. The Hall–Kier alpha value is -1.72. The van der Waals surface area contributed by atoms with Crippen LogP contribution in [0, 0.1) is 5.82 Å². The Kier molecular flexibility index (Phi) is 6.94. The van der Waals surface area contributed by atoms with E-state index in [0.717, 1.165) is 37.5 Å². The third-order valence-corrected chi connectivity index (χ3v) is 3.99. The average Bonchev–Trinajstić information content (AvgIpc) is 3.00. The predicted octanol–water partition coefficient (Wildman–Crippen LogP) is 6.37. The number of alkyl halides is 3. The molecule has 1 N–H and O–H groups in total. The summed E-state index contributed by atoms with van der Waals surface area (Å²) in [6, 6.07) is 4.80.